The second-order valence-corrected chi connectivity index (χ2v) is 4.95. The summed E-state index contributed by atoms with van der Waals surface area (Å²) in [5, 5.41) is 12.0. The Morgan fingerprint density at radius 1 is 1.55 bits per heavy atom. The Hall–Kier alpha value is -1.53. The summed E-state index contributed by atoms with van der Waals surface area (Å²) in [6.45, 7) is 0.217. The second kappa shape index (κ2) is 6.28. The van der Waals surface area contributed by atoms with Crippen LogP contribution >= 0.6 is 0 Å². The number of rotatable bonds is 6. The van der Waals surface area contributed by atoms with Crippen molar-refractivity contribution in [2.75, 3.05) is 20.3 Å². The lowest BCUT2D eigenvalue weighted by molar-refractivity contribution is -0.123. The van der Waals surface area contributed by atoms with Crippen molar-refractivity contribution < 1.29 is 23.4 Å². The number of hydrogen-bond acceptors (Lipinski definition) is 3. The first-order valence-corrected chi connectivity index (χ1v) is 6.43. The van der Waals surface area contributed by atoms with Crippen LogP contribution in [0.15, 0.2) is 18.2 Å². The summed E-state index contributed by atoms with van der Waals surface area (Å²) < 4.78 is 31.4. The zero-order chi connectivity index (χ0) is 14.7. The number of ether oxygens (including phenoxy) is 1. The molecule has 0 heterocycles. The van der Waals surface area contributed by atoms with Crippen LogP contribution in [-0.4, -0.2) is 37.4 Å². The number of aliphatic hydroxyl groups excluding tert-OH is 1. The number of hydrogen-bond donors (Lipinski definition) is 2. The molecule has 0 aliphatic heterocycles. The molecule has 4 nitrogen and oxygen atoms in total. The fraction of sp³-hybridized carbons (Fsp3) is 0.500. The largest absolute Gasteiger partial charge is 0.389 e. The lowest BCUT2D eigenvalue weighted by Crippen LogP contribution is -2.35. The van der Waals surface area contributed by atoms with Gasteiger partial charge in [-0.1, -0.05) is 12.1 Å². The van der Waals surface area contributed by atoms with Crippen LogP contribution < -0.4 is 5.32 Å². The SMILES string of the molecule is COCC(O)CNC(=O)C1CC1c1cccc(F)c1F. The number of halogens is 2. The first-order valence-electron chi connectivity index (χ1n) is 6.43. The molecule has 3 atom stereocenters. The van der Waals surface area contributed by atoms with Gasteiger partial charge in [0.05, 0.1) is 12.7 Å². The third-order valence-electron chi connectivity index (χ3n) is 3.38. The monoisotopic (exact) mass is 285 g/mol. The van der Waals surface area contributed by atoms with E-state index in [4.69, 9.17) is 4.74 Å². The van der Waals surface area contributed by atoms with Crippen LogP contribution in [0.1, 0.15) is 17.9 Å². The average Bonchev–Trinajstić information content (AvgIpc) is 3.20. The van der Waals surface area contributed by atoms with Crippen LogP contribution in [0.5, 0.6) is 0 Å². The molecule has 1 aliphatic rings. The van der Waals surface area contributed by atoms with E-state index in [1.807, 2.05) is 0 Å². The number of benzene rings is 1. The number of methoxy groups -OCH3 is 1. The lowest BCUT2D eigenvalue weighted by Gasteiger charge is -2.10. The van der Waals surface area contributed by atoms with Crippen LogP contribution in [0.4, 0.5) is 8.78 Å². The zero-order valence-corrected chi connectivity index (χ0v) is 11.1. The van der Waals surface area contributed by atoms with Crippen molar-refractivity contribution in [2.45, 2.75) is 18.4 Å². The van der Waals surface area contributed by atoms with E-state index >= 15 is 0 Å². The molecule has 0 saturated heterocycles. The average molecular weight is 285 g/mol. The molecule has 1 amide bonds. The summed E-state index contributed by atoms with van der Waals surface area (Å²) in [7, 11) is 1.45. The van der Waals surface area contributed by atoms with E-state index in [1.54, 1.807) is 0 Å². The lowest BCUT2D eigenvalue weighted by atomic mass is 10.1. The van der Waals surface area contributed by atoms with Crippen molar-refractivity contribution >= 4 is 5.91 Å². The molecule has 2 rings (SSSR count). The van der Waals surface area contributed by atoms with E-state index < -0.39 is 17.7 Å². The summed E-state index contributed by atoms with van der Waals surface area (Å²) in [5.41, 5.74) is 0.239. The summed E-state index contributed by atoms with van der Waals surface area (Å²) in [6, 6.07) is 3.98. The molecule has 6 heteroatoms. The minimum Gasteiger partial charge on any atom is -0.389 e. The molecule has 110 valence electrons. The van der Waals surface area contributed by atoms with E-state index in [1.165, 1.54) is 19.2 Å². The fourth-order valence-corrected chi connectivity index (χ4v) is 2.24. The molecule has 1 saturated carbocycles. The van der Waals surface area contributed by atoms with Crippen molar-refractivity contribution in [3.05, 3.63) is 35.4 Å². The summed E-state index contributed by atoms with van der Waals surface area (Å²) >= 11 is 0. The Balaban J connectivity index is 1.88. The quantitative estimate of drug-likeness (QED) is 0.825. The van der Waals surface area contributed by atoms with Gasteiger partial charge in [0.2, 0.25) is 5.91 Å². The molecule has 1 aromatic carbocycles. The van der Waals surface area contributed by atoms with Gasteiger partial charge >= 0.3 is 0 Å². The molecule has 20 heavy (non-hydrogen) atoms. The predicted octanol–water partition coefficient (Wildman–Crippen LogP) is 1.19. The van der Waals surface area contributed by atoms with E-state index in [9.17, 15) is 18.7 Å². The molecule has 0 bridgehead atoms. The van der Waals surface area contributed by atoms with Crippen LogP contribution in [0.3, 0.4) is 0 Å². The minimum absolute atomic E-state index is 0.0848. The fourth-order valence-electron chi connectivity index (χ4n) is 2.24. The van der Waals surface area contributed by atoms with Gasteiger partial charge in [-0.2, -0.15) is 0 Å². The van der Waals surface area contributed by atoms with Crippen molar-refractivity contribution in [3.63, 3.8) is 0 Å². The molecule has 1 aliphatic carbocycles. The number of nitrogens with one attached hydrogen (secondary N) is 1. The second-order valence-electron chi connectivity index (χ2n) is 4.95. The van der Waals surface area contributed by atoms with E-state index in [-0.39, 0.29) is 36.5 Å². The van der Waals surface area contributed by atoms with E-state index in [2.05, 4.69) is 5.32 Å². The van der Waals surface area contributed by atoms with Crippen molar-refractivity contribution in [2.24, 2.45) is 5.92 Å². The highest BCUT2D eigenvalue weighted by Crippen LogP contribution is 2.48. The third-order valence-corrected chi connectivity index (χ3v) is 3.38. The Morgan fingerprint density at radius 2 is 2.30 bits per heavy atom. The Bertz CT molecular complexity index is 495. The smallest absolute Gasteiger partial charge is 0.223 e. The van der Waals surface area contributed by atoms with Crippen LogP contribution in [0, 0.1) is 17.6 Å². The highest BCUT2D eigenvalue weighted by molar-refractivity contribution is 5.82. The molecule has 1 aromatic rings. The van der Waals surface area contributed by atoms with E-state index in [0.717, 1.165) is 6.07 Å². The van der Waals surface area contributed by atoms with Gasteiger partial charge in [0.25, 0.3) is 0 Å². The molecule has 3 unspecified atom stereocenters. The highest BCUT2D eigenvalue weighted by atomic mass is 19.2. The molecule has 1 fully saturated rings. The third kappa shape index (κ3) is 3.32. The maximum absolute atomic E-state index is 13.6. The summed E-state index contributed by atoms with van der Waals surface area (Å²) in [5.74, 6) is -2.68. The van der Waals surface area contributed by atoms with Gasteiger partial charge in [-0.25, -0.2) is 8.78 Å². The number of amides is 1. The number of carbonyl (C=O) groups excluding carboxylic acids is 1. The number of carbonyl (C=O) groups is 1. The maximum Gasteiger partial charge on any atom is 0.223 e. The molecular weight excluding hydrogens is 268 g/mol. The van der Waals surface area contributed by atoms with Gasteiger partial charge < -0.3 is 15.2 Å². The first kappa shape index (κ1) is 14.9. The molecule has 0 spiro atoms. The van der Waals surface area contributed by atoms with Crippen molar-refractivity contribution in [3.8, 4) is 0 Å². The van der Waals surface area contributed by atoms with Gasteiger partial charge in [-0.3, -0.25) is 4.79 Å². The topological polar surface area (TPSA) is 58.6 Å². The van der Waals surface area contributed by atoms with Gasteiger partial charge in [-0.05, 0) is 24.0 Å². The van der Waals surface area contributed by atoms with Crippen LogP contribution in [-0.2, 0) is 9.53 Å². The van der Waals surface area contributed by atoms with Gasteiger partial charge in [0.15, 0.2) is 11.6 Å². The molecule has 0 radical (unpaired) electrons. The zero-order valence-electron chi connectivity index (χ0n) is 11.1. The van der Waals surface area contributed by atoms with Crippen LogP contribution in [0.25, 0.3) is 0 Å². The number of aliphatic hydroxyl groups is 1. The first-order chi connectivity index (χ1) is 9.54. The van der Waals surface area contributed by atoms with Gasteiger partial charge in [-0.15, -0.1) is 0 Å². The summed E-state index contributed by atoms with van der Waals surface area (Å²) in [4.78, 5) is 11.8. The standard InChI is InChI=1S/C14H17F2NO3/c1-20-7-8(18)6-17-14(19)11-5-10(11)9-3-2-4-12(15)13(9)16/h2-4,8,10-11,18H,5-7H2,1H3,(H,17,19). The predicted molar refractivity (Wildman–Crippen MR) is 68.1 cm³/mol. The molecule has 0 aromatic heterocycles. The Kier molecular flexibility index (Phi) is 4.67. The molecular formula is C14H17F2NO3. The minimum atomic E-state index is -0.899. The van der Waals surface area contributed by atoms with Crippen LogP contribution in [0.2, 0.25) is 0 Å². The normalized spacial score (nSPS) is 22.4. The van der Waals surface area contributed by atoms with Crippen molar-refractivity contribution in [1.29, 1.82) is 0 Å². The van der Waals surface area contributed by atoms with Gasteiger partial charge in [0.1, 0.15) is 0 Å². The summed E-state index contributed by atoms with van der Waals surface area (Å²) in [6.07, 6.45) is -0.279. The maximum atomic E-state index is 13.6. The van der Waals surface area contributed by atoms with Gasteiger partial charge in [0, 0.05) is 19.6 Å². The Labute approximate surface area is 115 Å². The Morgan fingerprint density at radius 3 is 3.00 bits per heavy atom. The highest BCUT2D eigenvalue weighted by Gasteiger charge is 2.45. The van der Waals surface area contributed by atoms with E-state index in [0.29, 0.717) is 6.42 Å². The van der Waals surface area contributed by atoms with Crippen molar-refractivity contribution in [1.82, 2.24) is 5.32 Å². The molecule has 2 N–H and O–H groups in total.